The van der Waals surface area contributed by atoms with Crippen molar-refractivity contribution in [3.05, 3.63) is 76.7 Å². The van der Waals surface area contributed by atoms with Crippen LogP contribution in [0.25, 0.3) is 5.76 Å². The van der Waals surface area contributed by atoms with Gasteiger partial charge in [0.15, 0.2) is 0 Å². The molecule has 0 unspecified atom stereocenters. The molecular weight excluding hydrogens is 446 g/mol. The van der Waals surface area contributed by atoms with Gasteiger partial charge in [-0.15, -0.1) is 0 Å². The number of amides is 1. The first-order valence-corrected chi connectivity index (χ1v) is 11.0. The van der Waals surface area contributed by atoms with Crippen LogP contribution in [0.4, 0.5) is 0 Å². The topological polar surface area (TPSA) is 97.8 Å². The van der Waals surface area contributed by atoms with Gasteiger partial charge in [0, 0.05) is 31.0 Å². The van der Waals surface area contributed by atoms with Gasteiger partial charge in [0.25, 0.3) is 11.7 Å². The minimum absolute atomic E-state index is 0.0304. The van der Waals surface area contributed by atoms with Crippen molar-refractivity contribution in [3.63, 3.8) is 0 Å². The fourth-order valence-electron chi connectivity index (χ4n) is 3.93. The van der Waals surface area contributed by atoms with E-state index in [1.54, 1.807) is 43.7 Å². The van der Waals surface area contributed by atoms with Crippen LogP contribution in [-0.2, 0) is 16.1 Å². The number of nitrogens with zero attached hydrogens (tertiary/aromatic N) is 3. The average molecular weight is 470 g/mol. The van der Waals surface area contributed by atoms with Gasteiger partial charge in [-0.1, -0.05) is 11.6 Å². The number of aromatic nitrogens is 2. The third-order valence-corrected chi connectivity index (χ3v) is 5.75. The largest absolute Gasteiger partial charge is 0.507 e. The summed E-state index contributed by atoms with van der Waals surface area (Å²) in [6, 6.07) is 7.37. The van der Waals surface area contributed by atoms with Crippen molar-refractivity contribution in [1.29, 1.82) is 0 Å². The monoisotopic (exact) mass is 469 g/mol. The summed E-state index contributed by atoms with van der Waals surface area (Å²) in [6.45, 7) is 4.98. The Morgan fingerprint density at radius 3 is 2.70 bits per heavy atom. The van der Waals surface area contributed by atoms with E-state index in [0.717, 1.165) is 0 Å². The zero-order valence-electron chi connectivity index (χ0n) is 18.3. The zero-order valence-corrected chi connectivity index (χ0v) is 19.1. The fraction of sp³-hybridized carbons (Fsp3) is 0.292. The fourth-order valence-corrected chi connectivity index (χ4v) is 4.16. The van der Waals surface area contributed by atoms with E-state index >= 15 is 0 Å². The number of halogens is 1. The van der Waals surface area contributed by atoms with Gasteiger partial charge in [-0.05, 0) is 50.6 Å². The van der Waals surface area contributed by atoms with Crippen LogP contribution in [0.2, 0.25) is 5.02 Å². The van der Waals surface area contributed by atoms with Crippen LogP contribution in [0.1, 0.15) is 36.5 Å². The molecule has 8 nitrogen and oxygen atoms in total. The molecule has 1 aliphatic rings. The lowest BCUT2D eigenvalue weighted by molar-refractivity contribution is -0.140. The lowest BCUT2D eigenvalue weighted by atomic mass is 9.99. The molecule has 3 aromatic rings. The van der Waals surface area contributed by atoms with Gasteiger partial charge in [0.2, 0.25) is 0 Å². The maximum Gasteiger partial charge on any atom is 0.295 e. The number of aliphatic hydroxyl groups is 1. The number of aryl methyl sites for hydroxylation is 2. The van der Waals surface area contributed by atoms with Gasteiger partial charge >= 0.3 is 0 Å². The summed E-state index contributed by atoms with van der Waals surface area (Å²) in [6.07, 6.45) is 5.79. The summed E-state index contributed by atoms with van der Waals surface area (Å²) in [5.74, 6) is -0.244. The van der Waals surface area contributed by atoms with Gasteiger partial charge < -0.3 is 23.7 Å². The van der Waals surface area contributed by atoms with Crippen molar-refractivity contribution in [2.24, 2.45) is 0 Å². The number of furan rings is 1. The Balaban J connectivity index is 1.71. The Bertz CT molecular complexity index is 1200. The van der Waals surface area contributed by atoms with Gasteiger partial charge in [0.1, 0.15) is 29.1 Å². The highest BCUT2D eigenvalue weighted by atomic mass is 35.5. The number of hydrogen-bond acceptors (Lipinski definition) is 6. The van der Waals surface area contributed by atoms with E-state index in [9.17, 15) is 14.7 Å². The number of imidazole rings is 1. The van der Waals surface area contributed by atoms with Crippen LogP contribution in [0, 0.1) is 6.92 Å². The van der Waals surface area contributed by atoms with E-state index in [1.165, 1.54) is 11.0 Å². The Hall–Kier alpha value is -3.52. The summed E-state index contributed by atoms with van der Waals surface area (Å²) < 4.78 is 13.1. The predicted molar refractivity (Wildman–Crippen MR) is 122 cm³/mol. The normalized spacial score (nSPS) is 17.7. The molecule has 0 aliphatic carbocycles. The predicted octanol–water partition coefficient (Wildman–Crippen LogP) is 4.35. The SMILES string of the molecule is CCOc1ccc(C(O)=C2C(=O)C(=O)N(CCCn3ccnc3)[C@@H]2c2ccc(C)o2)cc1Cl. The lowest BCUT2D eigenvalue weighted by Gasteiger charge is -2.23. The number of carbonyl (C=O) groups is 2. The van der Waals surface area contributed by atoms with Gasteiger partial charge in [-0.25, -0.2) is 4.98 Å². The summed E-state index contributed by atoms with van der Waals surface area (Å²) in [5, 5.41) is 11.4. The minimum atomic E-state index is -0.841. The number of aliphatic hydroxyl groups excluding tert-OH is 1. The molecule has 0 spiro atoms. The van der Waals surface area contributed by atoms with Crippen molar-refractivity contribution in [1.82, 2.24) is 14.5 Å². The van der Waals surface area contributed by atoms with E-state index < -0.39 is 17.7 Å². The molecule has 1 aromatic carbocycles. The van der Waals surface area contributed by atoms with Crippen molar-refractivity contribution in [3.8, 4) is 5.75 Å². The molecule has 0 bridgehead atoms. The molecule has 172 valence electrons. The second kappa shape index (κ2) is 9.54. The summed E-state index contributed by atoms with van der Waals surface area (Å²) in [5.41, 5.74) is 0.283. The van der Waals surface area contributed by atoms with Crippen molar-refractivity contribution < 1.29 is 23.8 Å². The van der Waals surface area contributed by atoms with E-state index in [4.69, 9.17) is 20.8 Å². The third kappa shape index (κ3) is 4.52. The molecule has 1 N–H and O–H groups in total. The molecule has 0 radical (unpaired) electrons. The molecule has 1 amide bonds. The van der Waals surface area contributed by atoms with E-state index in [1.807, 2.05) is 17.7 Å². The number of ether oxygens (including phenoxy) is 1. The zero-order chi connectivity index (χ0) is 23.5. The molecule has 1 aliphatic heterocycles. The molecule has 1 saturated heterocycles. The van der Waals surface area contributed by atoms with Gasteiger partial charge in [-0.3, -0.25) is 9.59 Å². The molecule has 0 saturated carbocycles. The van der Waals surface area contributed by atoms with Crippen LogP contribution in [0.3, 0.4) is 0 Å². The second-order valence-corrected chi connectivity index (χ2v) is 8.08. The number of likely N-dealkylation sites (tertiary alicyclic amines) is 1. The van der Waals surface area contributed by atoms with Crippen LogP contribution in [0.15, 0.2) is 59.0 Å². The summed E-state index contributed by atoms with van der Waals surface area (Å²) >= 11 is 6.28. The number of carbonyl (C=O) groups excluding carboxylic acids is 2. The molecule has 33 heavy (non-hydrogen) atoms. The number of Topliss-reactive ketones (excluding diaryl/α,β-unsaturated/α-hetero) is 1. The first kappa shape index (κ1) is 22.7. The Labute approximate surface area is 196 Å². The van der Waals surface area contributed by atoms with E-state index in [2.05, 4.69) is 4.98 Å². The van der Waals surface area contributed by atoms with Crippen LogP contribution >= 0.6 is 11.6 Å². The summed E-state index contributed by atoms with van der Waals surface area (Å²) in [7, 11) is 0. The Kier molecular flexibility index (Phi) is 6.55. The first-order chi connectivity index (χ1) is 15.9. The minimum Gasteiger partial charge on any atom is -0.507 e. The molecule has 1 atom stereocenters. The number of ketones is 1. The Morgan fingerprint density at radius 2 is 2.06 bits per heavy atom. The highest BCUT2D eigenvalue weighted by molar-refractivity contribution is 6.46. The van der Waals surface area contributed by atoms with E-state index in [-0.39, 0.29) is 11.3 Å². The lowest BCUT2D eigenvalue weighted by Crippen LogP contribution is -2.31. The van der Waals surface area contributed by atoms with Gasteiger partial charge in [0.05, 0.1) is 23.5 Å². The highest BCUT2D eigenvalue weighted by Gasteiger charge is 2.47. The number of benzene rings is 1. The second-order valence-electron chi connectivity index (χ2n) is 7.67. The molecular formula is C24H24ClN3O5. The van der Waals surface area contributed by atoms with Crippen LogP contribution in [-0.4, -0.2) is 44.4 Å². The van der Waals surface area contributed by atoms with Crippen LogP contribution in [0.5, 0.6) is 5.75 Å². The standard InChI is InChI=1S/C24H24ClN3O5/c1-3-32-18-8-6-16(13-17(18)25)22(29)20-21(19-7-5-15(2)33-19)28(24(31)23(20)30)11-4-10-27-12-9-26-14-27/h5-9,12-14,21,29H,3-4,10-11H2,1-2H3/t21-/m1/s1. The highest BCUT2D eigenvalue weighted by Crippen LogP contribution is 2.41. The molecule has 3 heterocycles. The quantitative estimate of drug-likeness (QED) is 0.299. The molecule has 2 aromatic heterocycles. The number of hydrogen-bond donors (Lipinski definition) is 1. The van der Waals surface area contributed by atoms with Crippen molar-refractivity contribution in [2.75, 3.05) is 13.2 Å². The molecule has 9 heteroatoms. The smallest absolute Gasteiger partial charge is 0.295 e. The summed E-state index contributed by atoms with van der Waals surface area (Å²) in [4.78, 5) is 31.5. The van der Waals surface area contributed by atoms with Crippen molar-refractivity contribution in [2.45, 2.75) is 32.9 Å². The third-order valence-electron chi connectivity index (χ3n) is 5.45. The van der Waals surface area contributed by atoms with Gasteiger partial charge in [-0.2, -0.15) is 0 Å². The first-order valence-electron chi connectivity index (χ1n) is 10.6. The van der Waals surface area contributed by atoms with E-state index in [0.29, 0.717) is 54.0 Å². The van der Waals surface area contributed by atoms with Crippen molar-refractivity contribution >= 4 is 29.1 Å². The maximum absolute atomic E-state index is 13.0. The number of rotatable bonds is 8. The maximum atomic E-state index is 13.0. The van der Waals surface area contributed by atoms with Crippen LogP contribution < -0.4 is 4.74 Å². The Morgan fingerprint density at radius 1 is 1.24 bits per heavy atom. The molecule has 1 fully saturated rings. The molecule has 4 rings (SSSR count). The average Bonchev–Trinajstić information content (AvgIpc) is 3.52.